The van der Waals surface area contributed by atoms with Crippen molar-refractivity contribution in [3.63, 3.8) is 0 Å². The van der Waals surface area contributed by atoms with Crippen molar-refractivity contribution in [2.45, 2.75) is 19.4 Å². The van der Waals surface area contributed by atoms with Gasteiger partial charge in [0.15, 0.2) is 12.7 Å². The topological polar surface area (TPSA) is 117 Å². The number of methoxy groups -OCH3 is 1. The van der Waals surface area contributed by atoms with Crippen LogP contribution in [-0.2, 0) is 14.3 Å². The Morgan fingerprint density at radius 3 is 2.50 bits per heavy atom. The molecule has 0 heterocycles. The lowest BCUT2D eigenvalue weighted by Gasteiger charge is -2.16. The quantitative estimate of drug-likeness (QED) is 0.399. The average Bonchev–Trinajstić information content (AvgIpc) is 2.71. The first-order valence-electron chi connectivity index (χ1n) is 8.45. The minimum Gasteiger partial charge on any atom is -0.494 e. The van der Waals surface area contributed by atoms with Gasteiger partial charge in [-0.1, -0.05) is 25.1 Å². The first-order valence-corrected chi connectivity index (χ1v) is 8.45. The lowest BCUT2D eigenvalue weighted by molar-refractivity contribution is -0.384. The summed E-state index contributed by atoms with van der Waals surface area (Å²) in [4.78, 5) is 34.4. The fraction of sp³-hybridized carbons (Fsp3) is 0.263. The van der Waals surface area contributed by atoms with Crippen LogP contribution in [0.3, 0.4) is 0 Å². The summed E-state index contributed by atoms with van der Waals surface area (Å²) in [6.45, 7) is 1.23. The van der Waals surface area contributed by atoms with Gasteiger partial charge in [-0.15, -0.1) is 0 Å². The summed E-state index contributed by atoms with van der Waals surface area (Å²) in [6, 6.07) is 12.5. The minimum atomic E-state index is -0.843. The molecule has 0 aromatic heterocycles. The lowest BCUT2D eigenvalue weighted by Crippen LogP contribution is -2.31. The number of rotatable bonds is 9. The monoisotopic (exact) mass is 388 g/mol. The summed E-state index contributed by atoms with van der Waals surface area (Å²) in [5.74, 6) is -0.647. The molecule has 0 saturated carbocycles. The zero-order chi connectivity index (χ0) is 20.5. The van der Waals surface area contributed by atoms with E-state index in [1.807, 2.05) is 6.07 Å². The van der Waals surface area contributed by atoms with Gasteiger partial charge < -0.3 is 19.5 Å². The number of esters is 1. The molecule has 0 aliphatic carbocycles. The van der Waals surface area contributed by atoms with Gasteiger partial charge in [0.05, 0.1) is 23.8 Å². The third-order valence-electron chi connectivity index (χ3n) is 3.67. The molecule has 0 aliphatic rings. The summed E-state index contributed by atoms with van der Waals surface area (Å²) >= 11 is 0. The third-order valence-corrected chi connectivity index (χ3v) is 3.67. The Hall–Kier alpha value is -3.62. The predicted octanol–water partition coefficient (Wildman–Crippen LogP) is 2.94. The van der Waals surface area contributed by atoms with E-state index >= 15 is 0 Å². The van der Waals surface area contributed by atoms with Crippen LogP contribution in [0.1, 0.15) is 13.3 Å². The third kappa shape index (κ3) is 5.70. The Balaban J connectivity index is 1.92. The van der Waals surface area contributed by atoms with Gasteiger partial charge in [0, 0.05) is 6.07 Å². The number of non-ortho nitro benzene ring substituents is 1. The van der Waals surface area contributed by atoms with Gasteiger partial charge in [-0.3, -0.25) is 14.9 Å². The van der Waals surface area contributed by atoms with Crippen LogP contribution in [0.5, 0.6) is 11.5 Å². The second kappa shape index (κ2) is 9.91. The van der Waals surface area contributed by atoms with Gasteiger partial charge in [0.1, 0.15) is 11.5 Å². The highest BCUT2D eigenvalue weighted by Gasteiger charge is 2.21. The molecule has 1 N–H and O–H groups in total. The highest BCUT2D eigenvalue weighted by atomic mass is 16.6. The molecule has 0 radical (unpaired) electrons. The van der Waals surface area contributed by atoms with Gasteiger partial charge in [0.2, 0.25) is 0 Å². The maximum Gasteiger partial charge on any atom is 0.347 e. The second-order valence-corrected chi connectivity index (χ2v) is 5.63. The van der Waals surface area contributed by atoms with Crippen LogP contribution in [0.25, 0.3) is 0 Å². The van der Waals surface area contributed by atoms with Gasteiger partial charge in [-0.2, -0.15) is 0 Å². The van der Waals surface area contributed by atoms with Gasteiger partial charge >= 0.3 is 5.97 Å². The fourth-order valence-electron chi connectivity index (χ4n) is 2.27. The number of benzene rings is 2. The number of nitrogens with one attached hydrogen (secondary N) is 1. The predicted molar refractivity (Wildman–Crippen MR) is 100 cm³/mol. The van der Waals surface area contributed by atoms with Gasteiger partial charge in [0.25, 0.3) is 11.6 Å². The van der Waals surface area contributed by atoms with Crippen molar-refractivity contribution in [2.24, 2.45) is 0 Å². The molecule has 0 spiro atoms. The van der Waals surface area contributed by atoms with E-state index in [9.17, 15) is 19.7 Å². The molecule has 1 atom stereocenters. The number of nitrogens with zero attached hydrogens (tertiary/aromatic N) is 1. The molecular weight excluding hydrogens is 368 g/mol. The van der Waals surface area contributed by atoms with Crippen molar-refractivity contribution in [1.82, 2.24) is 0 Å². The molecular formula is C19H20N2O7. The Labute approximate surface area is 161 Å². The van der Waals surface area contributed by atoms with Crippen LogP contribution in [-0.4, -0.2) is 36.6 Å². The van der Waals surface area contributed by atoms with E-state index in [-0.39, 0.29) is 17.1 Å². The van der Waals surface area contributed by atoms with E-state index in [2.05, 4.69) is 5.32 Å². The average molecular weight is 388 g/mol. The van der Waals surface area contributed by atoms with E-state index in [1.165, 1.54) is 25.3 Å². The molecule has 2 rings (SSSR count). The zero-order valence-corrected chi connectivity index (χ0v) is 15.4. The number of para-hydroxylation sites is 1. The van der Waals surface area contributed by atoms with Crippen molar-refractivity contribution in [1.29, 1.82) is 0 Å². The van der Waals surface area contributed by atoms with E-state index in [0.29, 0.717) is 12.2 Å². The number of nitro groups is 1. The van der Waals surface area contributed by atoms with Gasteiger partial charge in [-0.05, 0) is 24.6 Å². The zero-order valence-electron chi connectivity index (χ0n) is 15.4. The SMILES string of the molecule is CC[C@H](Oc1ccccc1)C(=O)OCC(=O)Nc1ccc([N+](=O)[O-])cc1OC. The molecule has 0 unspecified atom stereocenters. The molecule has 0 bridgehead atoms. The number of carbonyl (C=O) groups is 2. The van der Waals surface area contributed by atoms with Crippen LogP contribution in [0.2, 0.25) is 0 Å². The van der Waals surface area contributed by atoms with Gasteiger partial charge in [-0.25, -0.2) is 4.79 Å². The number of nitro benzene ring substituents is 1. The Morgan fingerprint density at radius 1 is 1.18 bits per heavy atom. The molecule has 9 nitrogen and oxygen atoms in total. The number of ether oxygens (including phenoxy) is 3. The van der Waals surface area contributed by atoms with E-state index in [4.69, 9.17) is 14.2 Å². The standard InChI is InChI=1S/C19H20N2O7/c1-3-16(28-14-7-5-4-6-8-14)19(23)27-12-18(22)20-15-10-9-13(21(24)25)11-17(15)26-2/h4-11,16H,3,12H2,1-2H3,(H,20,22)/t16-/m0/s1. The highest BCUT2D eigenvalue weighted by molar-refractivity contribution is 5.94. The normalized spacial score (nSPS) is 11.2. The number of anilines is 1. The molecule has 148 valence electrons. The maximum atomic E-state index is 12.2. The molecule has 0 aliphatic heterocycles. The molecule has 28 heavy (non-hydrogen) atoms. The van der Waals surface area contributed by atoms with Crippen LogP contribution in [0, 0.1) is 10.1 Å². The summed E-state index contributed by atoms with van der Waals surface area (Å²) in [7, 11) is 1.32. The van der Waals surface area contributed by atoms with E-state index in [1.54, 1.807) is 31.2 Å². The Kier molecular flexibility index (Phi) is 7.32. The molecule has 2 aromatic carbocycles. The van der Waals surface area contributed by atoms with Crippen molar-refractivity contribution >= 4 is 23.3 Å². The van der Waals surface area contributed by atoms with Crippen LogP contribution in [0.15, 0.2) is 48.5 Å². The minimum absolute atomic E-state index is 0.118. The number of hydrogen-bond acceptors (Lipinski definition) is 7. The molecule has 0 fully saturated rings. The van der Waals surface area contributed by atoms with Crippen molar-refractivity contribution < 1.29 is 28.7 Å². The molecule has 1 amide bonds. The lowest BCUT2D eigenvalue weighted by atomic mass is 10.2. The number of amides is 1. The van der Waals surface area contributed by atoms with Crippen LogP contribution in [0.4, 0.5) is 11.4 Å². The summed E-state index contributed by atoms with van der Waals surface area (Å²) in [5, 5.41) is 13.3. The smallest absolute Gasteiger partial charge is 0.347 e. The van der Waals surface area contributed by atoms with Crippen LogP contribution < -0.4 is 14.8 Å². The largest absolute Gasteiger partial charge is 0.494 e. The molecule has 2 aromatic rings. The van der Waals surface area contributed by atoms with Crippen molar-refractivity contribution in [3.8, 4) is 11.5 Å². The molecule has 9 heteroatoms. The maximum absolute atomic E-state index is 12.2. The first kappa shape index (κ1) is 20.7. The highest BCUT2D eigenvalue weighted by Crippen LogP contribution is 2.28. The second-order valence-electron chi connectivity index (χ2n) is 5.63. The number of carbonyl (C=O) groups excluding carboxylic acids is 2. The summed E-state index contributed by atoms with van der Waals surface area (Å²) < 4.78 is 15.6. The first-order chi connectivity index (χ1) is 13.4. The van der Waals surface area contributed by atoms with Crippen molar-refractivity contribution in [2.75, 3.05) is 19.0 Å². The van der Waals surface area contributed by atoms with E-state index < -0.39 is 29.5 Å². The molecule has 0 saturated heterocycles. The Bertz CT molecular complexity index is 839. The Morgan fingerprint density at radius 2 is 1.89 bits per heavy atom. The van der Waals surface area contributed by atoms with Crippen molar-refractivity contribution in [3.05, 3.63) is 58.6 Å². The number of hydrogen-bond donors (Lipinski definition) is 1. The van der Waals surface area contributed by atoms with E-state index in [0.717, 1.165) is 0 Å². The summed E-state index contributed by atoms with van der Waals surface area (Å²) in [5.41, 5.74) is 0.0480. The summed E-state index contributed by atoms with van der Waals surface area (Å²) in [6.07, 6.45) is -0.477. The fourth-order valence-corrected chi connectivity index (χ4v) is 2.27. The van der Waals surface area contributed by atoms with Crippen LogP contribution >= 0.6 is 0 Å².